The molecule has 7 nitrogen and oxygen atoms in total. The van der Waals surface area contributed by atoms with Crippen molar-refractivity contribution in [3.05, 3.63) is 63.6 Å². The van der Waals surface area contributed by atoms with Crippen LogP contribution in [0.3, 0.4) is 0 Å². The van der Waals surface area contributed by atoms with Crippen molar-refractivity contribution in [3.8, 4) is 5.75 Å². The van der Waals surface area contributed by atoms with E-state index in [4.69, 9.17) is 4.74 Å². The second-order valence-electron chi connectivity index (χ2n) is 9.45. The zero-order valence-electron chi connectivity index (χ0n) is 20.2. The third kappa shape index (κ3) is 5.34. The van der Waals surface area contributed by atoms with Crippen LogP contribution >= 0.6 is 0 Å². The second kappa shape index (κ2) is 10.9. The Morgan fingerprint density at radius 2 is 1.79 bits per heavy atom. The third-order valence-corrected chi connectivity index (χ3v) is 7.10. The summed E-state index contributed by atoms with van der Waals surface area (Å²) >= 11 is 0. The average molecular weight is 466 g/mol. The topological polar surface area (TPSA) is 80.6 Å². The van der Waals surface area contributed by atoms with E-state index in [-0.39, 0.29) is 29.1 Å². The van der Waals surface area contributed by atoms with Crippen molar-refractivity contribution in [2.45, 2.75) is 76.9 Å². The zero-order valence-corrected chi connectivity index (χ0v) is 20.2. The maximum Gasteiger partial charge on any atom is 0.259 e. The van der Waals surface area contributed by atoms with Gasteiger partial charge in [-0.15, -0.1) is 0 Å². The first kappa shape index (κ1) is 24.0. The first-order valence-electron chi connectivity index (χ1n) is 12.5. The summed E-state index contributed by atoms with van der Waals surface area (Å²) in [6.07, 6.45) is 11.0. The number of likely N-dealkylation sites (tertiary alicyclic amines) is 1. The van der Waals surface area contributed by atoms with E-state index in [0.717, 1.165) is 62.7 Å². The molecule has 2 aliphatic rings. The van der Waals surface area contributed by atoms with Crippen LogP contribution in [0.1, 0.15) is 84.6 Å². The minimum absolute atomic E-state index is 0.0331. The number of benzene rings is 1. The number of hydrogen-bond acceptors (Lipinski definition) is 4. The number of amides is 2. The largest absolute Gasteiger partial charge is 0.497 e. The highest BCUT2D eigenvalue weighted by Gasteiger charge is 2.30. The van der Waals surface area contributed by atoms with Gasteiger partial charge in [-0.25, -0.2) is 0 Å². The van der Waals surface area contributed by atoms with Gasteiger partial charge < -0.3 is 19.5 Å². The zero-order chi connectivity index (χ0) is 24.1. The van der Waals surface area contributed by atoms with Crippen molar-refractivity contribution >= 4 is 11.8 Å². The molecule has 1 atom stereocenters. The Morgan fingerprint density at radius 1 is 1.06 bits per heavy atom. The molecule has 0 unspecified atom stereocenters. The van der Waals surface area contributed by atoms with Crippen molar-refractivity contribution in [1.29, 1.82) is 0 Å². The Hall–Kier alpha value is -3.09. The molecule has 0 spiro atoms. The molecule has 2 aromatic rings. The minimum Gasteiger partial charge on any atom is -0.497 e. The summed E-state index contributed by atoms with van der Waals surface area (Å²) in [5.74, 6) is 0.0660. The molecule has 7 heteroatoms. The molecule has 1 saturated carbocycles. The molecule has 2 heterocycles. The molecule has 0 bridgehead atoms. The van der Waals surface area contributed by atoms with E-state index in [1.165, 1.54) is 0 Å². The van der Waals surface area contributed by atoms with Gasteiger partial charge in [0.05, 0.1) is 7.11 Å². The van der Waals surface area contributed by atoms with Crippen LogP contribution in [0.5, 0.6) is 5.75 Å². The number of rotatable bonds is 7. The van der Waals surface area contributed by atoms with E-state index in [1.54, 1.807) is 24.1 Å². The Bertz CT molecular complexity index is 1090. The van der Waals surface area contributed by atoms with E-state index >= 15 is 0 Å². The normalized spacial score (nSPS) is 18.6. The van der Waals surface area contributed by atoms with Crippen LogP contribution in [0.15, 0.2) is 41.5 Å². The molecule has 1 aliphatic heterocycles. The van der Waals surface area contributed by atoms with Crippen LogP contribution < -0.4 is 15.5 Å². The lowest BCUT2D eigenvalue weighted by Crippen LogP contribution is -2.46. The van der Waals surface area contributed by atoms with Gasteiger partial charge in [0.2, 0.25) is 5.43 Å². The molecule has 1 aromatic heterocycles. The third-order valence-electron chi connectivity index (χ3n) is 7.10. The van der Waals surface area contributed by atoms with Gasteiger partial charge in [-0.05, 0) is 56.2 Å². The molecular formula is C27H35N3O4. The molecule has 0 radical (unpaired) electrons. The predicted octanol–water partition coefficient (Wildman–Crippen LogP) is 3.98. The van der Waals surface area contributed by atoms with Crippen molar-refractivity contribution in [1.82, 2.24) is 14.8 Å². The lowest BCUT2D eigenvalue weighted by atomic mass is 9.98. The summed E-state index contributed by atoms with van der Waals surface area (Å²) in [5.41, 5.74) is 0.573. The molecule has 2 amide bonds. The predicted molar refractivity (Wildman–Crippen MR) is 131 cm³/mol. The quantitative estimate of drug-likeness (QED) is 0.671. The first-order chi connectivity index (χ1) is 16.5. The van der Waals surface area contributed by atoms with E-state index in [2.05, 4.69) is 12.2 Å². The number of piperidine rings is 1. The summed E-state index contributed by atoms with van der Waals surface area (Å²) in [5, 5.41) is 3.01. The Labute approximate surface area is 201 Å². The summed E-state index contributed by atoms with van der Waals surface area (Å²) in [4.78, 5) is 42.0. The fourth-order valence-corrected chi connectivity index (χ4v) is 5.20. The van der Waals surface area contributed by atoms with Gasteiger partial charge in [0.1, 0.15) is 16.9 Å². The number of carbonyl (C=O) groups is 2. The average Bonchev–Trinajstić information content (AvgIpc) is 3.37. The number of methoxy groups -OCH3 is 1. The van der Waals surface area contributed by atoms with Gasteiger partial charge in [-0.3, -0.25) is 14.4 Å². The number of ether oxygens (including phenoxy) is 1. The van der Waals surface area contributed by atoms with Crippen molar-refractivity contribution < 1.29 is 14.3 Å². The maximum absolute atomic E-state index is 13.6. The van der Waals surface area contributed by atoms with Crippen LogP contribution in [0.25, 0.3) is 0 Å². The van der Waals surface area contributed by atoms with E-state index in [0.29, 0.717) is 13.1 Å². The van der Waals surface area contributed by atoms with Crippen molar-refractivity contribution in [2.75, 3.05) is 13.7 Å². The lowest BCUT2D eigenvalue weighted by Gasteiger charge is -2.35. The monoisotopic (exact) mass is 465 g/mol. The lowest BCUT2D eigenvalue weighted by molar-refractivity contribution is 0.0605. The van der Waals surface area contributed by atoms with Gasteiger partial charge in [-0.2, -0.15) is 0 Å². The Morgan fingerprint density at radius 3 is 2.53 bits per heavy atom. The van der Waals surface area contributed by atoms with Crippen LogP contribution in [-0.2, 0) is 6.54 Å². The van der Waals surface area contributed by atoms with Crippen LogP contribution in [-0.4, -0.2) is 47.0 Å². The minimum atomic E-state index is -0.484. The van der Waals surface area contributed by atoms with E-state index in [9.17, 15) is 14.4 Å². The van der Waals surface area contributed by atoms with Gasteiger partial charge in [-0.1, -0.05) is 31.9 Å². The van der Waals surface area contributed by atoms with Gasteiger partial charge in [0, 0.05) is 37.6 Å². The number of nitrogens with zero attached hydrogens (tertiary/aromatic N) is 2. The number of pyridine rings is 1. The van der Waals surface area contributed by atoms with Gasteiger partial charge >= 0.3 is 0 Å². The molecule has 1 aliphatic carbocycles. The number of aromatic nitrogens is 1. The smallest absolute Gasteiger partial charge is 0.259 e. The van der Waals surface area contributed by atoms with Gasteiger partial charge in [0.15, 0.2) is 0 Å². The Kier molecular flexibility index (Phi) is 7.70. The summed E-state index contributed by atoms with van der Waals surface area (Å²) < 4.78 is 7.10. The highest BCUT2D eigenvalue weighted by atomic mass is 16.5. The fraction of sp³-hybridized carbons (Fsp3) is 0.519. The number of nitrogens with one attached hydrogen (secondary N) is 1. The Balaban J connectivity index is 1.71. The molecule has 1 aromatic carbocycles. The van der Waals surface area contributed by atoms with E-state index in [1.807, 2.05) is 29.2 Å². The summed E-state index contributed by atoms with van der Waals surface area (Å²) in [7, 11) is 1.61. The molecule has 1 N–H and O–H groups in total. The SMILES string of the molecule is CC[C@H]1CCCCN1C(=O)c1cn(Cc2cccc(OC)c2)cc(C(=O)NC2CCCC2)c1=O. The maximum atomic E-state index is 13.6. The fourth-order valence-electron chi connectivity index (χ4n) is 5.20. The second-order valence-corrected chi connectivity index (χ2v) is 9.45. The highest BCUT2D eigenvalue weighted by Crippen LogP contribution is 2.22. The molecular weight excluding hydrogens is 430 g/mol. The van der Waals surface area contributed by atoms with Crippen molar-refractivity contribution in [2.24, 2.45) is 0 Å². The summed E-state index contributed by atoms with van der Waals surface area (Å²) in [6, 6.07) is 7.85. The molecule has 4 rings (SSSR count). The van der Waals surface area contributed by atoms with Crippen LogP contribution in [0, 0.1) is 0 Å². The molecule has 34 heavy (non-hydrogen) atoms. The highest BCUT2D eigenvalue weighted by molar-refractivity contribution is 5.99. The molecule has 182 valence electrons. The number of hydrogen-bond donors (Lipinski definition) is 1. The number of carbonyl (C=O) groups excluding carboxylic acids is 2. The summed E-state index contributed by atoms with van der Waals surface area (Å²) in [6.45, 7) is 3.13. The first-order valence-corrected chi connectivity index (χ1v) is 12.5. The standard InChI is InChI=1S/C27H35N3O4/c1-3-21-12-6-7-14-30(21)27(33)24-18-29(16-19-9-8-13-22(15-19)34-2)17-23(25(24)31)26(32)28-20-10-4-5-11-20/h8-9,13,15,17-18,20-21H,3-7,10-12,14,16H2,1-2H3,(H,28,32)/t21-/m0/s1. The van der Waals surface area contributed by atoms with Crippen molar-refractivity contribution in [3.63, 3.8) is 0 Å². The van der Waals surface area contributed by atoms with Crippen LogP contribution in [0.4, 0.5) is 0 Å². The molecule has 1 saturated heterocycles. The van der Waals surface area contributed by atoms with E-state index < -0.39 is 11.3 Å². The molecule has 2 fully saturated rings. The van der Waals surface area contributed by atoms with Gasteiger partial charge in [0.25, 0.3) is 11.8 Å². The van der Waals surface area contributed by atoms with Crippen LogP contribution in [0.2, 0.25) is 0 Å².